The van der Waals surface area contributed by atoms with Crippen molar-refractivity contribution in [3.8, 4) is 0 Å². The van der Waals surface area contributed by atoms with E-state index in [9.17, 15) is 14.7 Å². The second kappa shape index (κ2) is 11.9. The molecule has 1 fully saturated rings. The van der Waals surface area contributed by atoms with Gasteiger partial charge in [0.1, 0.15) is 10.4 Å². The van der Waals surface area contributed by atoms with Crippen LogP contribution in [0, 0.1) is 0 Å². The number of benzene rings is 3. The standard InChI is InChI=1S/C28H21Cl2NO3S2/c29-21-11-12-23(24(30)16-21)26(32)13-10-18-6-8-20(9-7-18)14-22-17-31(28(35)36-22)25(27(33)34)15-19-4-2-1-3-5-19/h1-14,16,25H,15,17H2,(H,33,34)/b13-10+,22-14?. The average molecular weight is 555 g/mol. The minimum Gasteiger partial charge on any atom is -0.480 e. The maximum absolute atomic E-state index is 12.4. The summed E-state index contributed by atoms with van der Waals surface area (Å²) in [6, 6.07) is 21.3. The highest BCUT2D eigenvalue weighted by Crippen LogP contribution is 2.33. The third kappa shape index (κ3) is 6.65. The Labute approximate surface area is 229 Å². The first kappa shape index (κ1) is 26.2. The minimum atomic E-state index is -0.895. The third-order valence-electron chi connectivity index (χ3n) is 5.60. The van der Waals surface area contributed by atoms with Crippen molar-refractivity contribution >= 4 is 75.4 Å². The van der Waals surface area contributed by atoms with Gasteiger partial charge in [0, 0.05) is 21.9 Å². The van der Waals surface area contributed by atoms with Crippen molar-refractivity contribution in [3.05, 3.63) is 116 Å². The Hall–Kier alpha value is -2.90. The molecule has 4 nitrogen and oxygen atoms in total. The summed E-state index contributed by atoms with van der Waals surface area (Å²) < 4.78 is 0.559. The molecule has 36 heavy (non-hydrogen) atoms. The molecular weight excluding hydrogens is 533 g/mol. The molecule has 0 spiro atoms. The first-order valence-corrected chi connectivity index (χ1v) is 13.0. The Kier molecular flexibility index (Phi) is 8.64. The lowest BCUT2D eigenvalue weighted by Gasteiger charge is -2.25. The summed E-state index contributed by atoms with van der Waals surface area (Å²) in [4.78, 5) is 27.2. The number of thiocarbonyl (C=S) groups is 1. The van der Waals surface area contributed by atoms with Crippen molar-refractivity contribution in [2.75, 3.05) is 6.54 Å². The Balaban J connectivity index is 1.42. The zero-order chi connectivity index (χ0) is 25.7. The molecule has 182 valence electrons. The summed E-state index contributed by atoms with van der Waals surface area (Å²) in [5, 5.41) is 10.6. The van der Waals surface area contributed by atoms with E-state index in [-0.39, 0.29) is 5.78 Å². The summed E-state index contributed by atoms with van der Waals surface area (Å²) in [5.41, 5.74) is 3.17. The Morgan fingerprint density at radius 3 is 2.39 bits per heavy atom. The normalized spacial score (nSPS) is 15.6. The average Bonchev–Trinajstić information content (AvgIpc) is 3.21. The molecule has 3 aromatic carbocycles. The molecule has 0 aliphatic carbocycles. The van der Waals surface area contributed by atoms with Gasteiger partial charge in [-0.3, -0.25) is 4.79 Å². The molecule has 1 saturated heterocycles. The molecule has 8 heteroatoms. The number of nitrogens with zero attached hydrogens (tertiary/aromatic N) is 1. The molecule has 3 aromatic rings. The molecule has 0 bridgehead atoms. The predicted molar refractivity (Wildman–Crippen MR) is 153 cm³/mol. The van der Waals surface area contributed by atoms with Gasteiger partial charge in [-0.15, -0.1) is 0 Å². The SMILES string of the molecule is O=C(/C=C/c1ccc(C=C2CN(C(Cc3ccccc3)C(=O)O)C(=S)S2)cc1)c1ccc(Cl)cc1Cl. The second-order valence-electron chi connectivity index (χ2n) is 8.14. The van der Waals surface area contributed by atoms with E-state index in [1.807, 2.05) is 60.7 Å². The fraction of sp³-hybridized carbons (Fsp3) is 0.107. The number of rotatable bonds is 8. The van der Waals surface area contributed by atoms with Gasteiger partial charge in [0.05, 0.1) is 11.6 Å². The largest absolute Gasteiger partial charge is 0.480 e. The number of aliphatic carboxylic acids is 1. The van der Waals surface area contributed by atoms with E-state index < -0.39 is 12.0 Å². The van der Waals surface area contributed by atoms with E-state index in [2.05, 4.69) is 0 Å². The van der Waals surface area contributed by atoms with Crippen molar-refractivity contribution in [3.63, 3.8) is 0 Å². The third-order valence-corrected chi connectivity index (χ3v) is 7.55. The molecule has 1 unspecified atom stereocenters. The van der Waals surface area contributed by atoms with E-state index in [1.54, 1.807) is 29.2 Å². The van der Waals surface area contributed by atoms with Gasteiger partial charge in [0.25, 0.3) is 0 Å². The first-order chi connectivity index (χ1) is 17.3. The van der Waals surface area contributed by atoms with Crippen molar-refractivity contribution in [1.29, 1.82) is 0 Å². The van der Waals surface area contributed by atoms with E-state index in [1.165, 1.54) is 17.8 Å². The highest BCUT2D eigenvalue weighted by Gasteiger charge is 2.33. The quantitative estimate of drug-likeness (QED) is 0.180. The Morgan fingerprint density at radius 1 is 1.03 bits per heavy atom. The van der Waals surface area contributed by atoms with Gasteiger partial charge >= 0.3 is 5.97 Å². The van der Waals surface area contributed by atoms with Crippen LogP contribution in [0.15, 0.2) is 83.8 Å². The number of carbonyl (C=O) groups excluding carboxylic acids is 1. The lowest BCUT2D eigenvalue weighted by Crippen LogP contribution is -2.42. The van der Waals surface area contributed by atoms with Crippen LogP contribution in [-0.2, 0) is 11.2 Å². The van der Waals surface area contributed by atoms with Gasteiger partial charge in [-0.25, -0.2) is 4.79 Å². The van der Waals surface area contributed by atoms with Gasteiger partial charge in [-0.1, -0.05) is 108 Å². The molecule has 1 N–H and O–H groups in total. The van der Waals surface area contributed by atoms with Crippen LogP contribution in [0.4, 0.5) is 0 Å². The fourth-order valence-corrected chi connectivity index (χ4v) is 5.70. The molecule has 0 amide bonds. The zero-order valence-corrected chi connectivity index (χ0v) is 22.1. The van der Waals surface area contributed by atoms with Gasteiger partial charge in [0.15, 0.2) is 5.78 Å². The van der Waals surface area contributed by atoms with E-state index in [0.717, 1.165) is 21.6 Å². The summed E-state index contributed by atoms with van der Waals surface area (Å²) >= 11 is 18.9. The van der Waals surface area contributed by atoms with Crippen molar-refractivity contribution in [1.82, 2.24) is 4.90 Å². The predicted octanol–water partition coefficient (Wildman–Crippen LogP) is 7.26. The highest BCUT2D eigenvalue weighted by molar-refractivity contribution is 8.25. The maximum atomic E-state index is 12.4. The molecule has 1 aliphatic heterocycles. The summed E-state index contributed by atoms with van der Waals surface area (Å²) in [5.74, 6) is -1.10. The summed E-state index contributed by atoms with van der Waals surface area (Å²) in [6.07, 6.45) is 5.59. The number of hydrogen-bond acceptors (Lipinski definition) is 4. The van der Waals surface area contributed by atoms with Crippen molar-refractivity contribution < 1.29 is 14.7 Å². The first-order valence-electron chi connectivity index (χ1n) is 11.0. The lowest BCUT2D eigenvalue weighted by atomic mass is 10.0. The van der Waals surface area contributed by atoms with Gasteiger partial charge in [-0.2, -0.15) is 0 Å². The van der Waals surface area contributed by atoms with Gasteiger partial charge in [-0.05, 0) is 47.0 Å². The fourth-order valence-electron chi connectivity index (χ4n) is 3.76. The van der Waals surface area contributed by atoms with Crippen LogP contribution in [0.2, 0.25) is 10.0 Å². The van der Waals surface area contributed by atoms with Crippen LogP contribution < -0.4 is 0 Å². The van der Waals surface area contributed by atoms with E-state index >= 15 is 0 Å². The van der Waals surface area contributed by atoms with Gasteiger partial charge < -0.3 is 10.0 Å². The molecule has 0 radical (unpaired) electrons. The molecule has 1 aliphatic rings. The molecular formula is C28H21Cl2NO3S2. The van der Waals surface area contributed by atoms with Crippen LogP contribution in [0.5, 0.6) is 0 Å². The van der Waals surface area contributed by atoms with Crippen LogP contribution >= 0.6 is 47.2 Å². The van der Waals surface area contributed by atoms with Crippen molar-refractivity contribution in [2.24, 2.45) is 0 Å². The topological polar surface area (TPSA) is 57.6 Å². The lowest BCUT2D eigenvalue weighted by molar-refractivity contribution is -0.141. The molecule has 1 atom stereocenters. The number of carboxylic acids is 1. The second-order valence-corrected chi connectivity index (χ2v) is 10.7. The highest BCUT2D eigenvalue weighted by atomic mass is 35.5. The van der Waals surface area contributed by atoms with E-state index in [0.29, 0.717) is 32.9 Å². The van der Waals surface area contributed by atoms with Crippen LogP contribution in [-0.4, -0.2) is 38.7 Å². The molecule has 4 rings (SSSR count). The van der Waals surface area contributed by atoms with Crippen LogP contribution in [0.25, 0.3) is 12.2 Å². The number of halogens is 2. The van der Waals surface area contributed by atoms with Crippen LogP contribution in [0.1, 0.15) is 27.0 Å². The number of hydrogen-bond donors (Lipinski definition) is 1. The maximum Gasteiger partial charge on any atom is 0.326 e. The number of carboxylic acid groups (broad SMARTS) is 1. The number of ketones is 1. The molecule has 0 aromatic heterocycles. The minimum absolute atomic E-state index is 0.206. The number of thioether (sulfide) groups is 1. The Bertz CT molecular complexity index is 1350. The molecule has 1 heterocycles. The van der Waals surface area contributed by atoms with Crippen molar-refractivity contribution in [2.45, 2.75) is 12.5 Å². The summed E-state index contributed by atoms with van der Waals surface area (Å²) in [6.45, 7) is 0.450. The van der Waals surface area contributed by atoms with Crippen LogP contribution in [0.3, 0.4) is 0 Å². The monoisotopic (exact) mass is 553 g/mol. The number of carbonyl (C=O) groups is 2. The molecule has 0 saturated carbocycles. The Morgan fingerprint density at radius 2 is 1.72 bits per heavy atom. The van der Waals surface area contributed by atoms with Gasteiger partial charge in [0.2, 0.25) is 0 Å². The zero-order valence-electron chi connectivity index (χ0n) is 18.9. The van der Waals surface area contributed by atoms with E-state index in [4.69, 9.17) is 35.4 Å². The smallest absolute Gasteiger partial charge is 0.326 e. The summed E-state index contributed by atoms with van der Waals surface area (Å²) in [7, 11) is 0. The number of allylic oxidation sites excluding steroid dienone is 1.